The first-order valence-corrected chi connectivity index (χ1v) is 7.31. The zero-order valence-corrected chi connectivity index (χ0v) is 13.7. The van der Waals surface area contributed by atoms with Crippen molar-refractivity contribution in [3.8, 4) is 11.5 Å². The van der Waals surface area contributed by atoms with E-state index in [2.05, 4.69) is 26.1 Å². The fraction of sp³-hybridized carbons (Fsp3) is 0.562. The Morgan fingerprint density at radius 1 is 1.29 bits per heavy atom. The van der Waals surface area contributed by atoms with Gasteiger partial charge in [0.15, 0.2) is 17.3 Å². The first kappa shape index (κ1) is 17.8. The summed E-state index contributed by atoms with van der Waals surface area (Å²) in [7, 11) is 0. The molecular weight excluding hydrogens is 290 g/mol. The van der Waals surface area contributed by atoms with Crippen LogP contribution in [0.4, 0.5) is 0 Å². The molecule has 1 N–H and O–H groups in total. The Labute approximate surface area is 132 Å². The molecule has 0 saturated carbocycles. The van der Waals surface area contributed by atoms with Crippen LogP contribution < -0.4 is 14.8 Å². The van der Waals surface area contributed by atoms with Crippen molar-refractivity contribution in [1.29, 1.82) is 0 Å². The van der Waals surface area contributed by atoms with E-state index in [-0.39, 0.29) is 37.1 Å². The highest BCUT2D eigenvalue weighted by Crippen LogP contribution is 2.32. The monoisotopic (exact) mass is 313 g/mol. The third-order valence-corrected chi connectivity index (χ3v) is 3.35. The highest BCUT2D eigenvalue weighted by atomic mass is 35.5. The molecule has 2 rings (SSSR count). The average molecular weight is 314 g/mol. The highest BCUT2D eigenvalue weighted by Gasteiger charge is 2.22. The molecule has 0 aliphatic carbocycles. The van der Waals surface area contributed by atoms with Gasteiger partial charge < -0.3 is 14.8 Å². The summed E-state index contributed by atoms with van der Waals surface area (Å²) in [5.74, 6) is 1.50. The molecule has 0 saturated heterocycles. The predicted octanol–water partition coefficient (Wildman–Crippen LogP) is 3.58. The van der Waals surface area contributed by atoms with E-state index in [1.807, 2.05) is 12.1 Å². The van der Waals surface area contributed by atoms with Gasteiger partial charge in [0.05, 0.1) is 6.04 Å². The third kappa shape index (κ3) is 4.61. The molecule has 5 heteroatoms. The molecule has 1 atom stereocenters. The molecule has 0 aromatic heterocycles. The fourth-order valence-electron chi connectivity index (χ4n) is 2.35. The Kier molecular flexibility index (Phi) is 6.99. The summed E-state index contributed by atoms with van der Waals surface area (Å²) in [6.45, 7) is 6.49. The van der Waals surface area contributed by atoms with Crippen molar-refractivity contribution in [2.24, 2.45) is 0 Å². The number of nitrogens with one attached hydrogen (secondary N) is 1. The third-order valence-electron chi connectivity index (χ3n) is 3.35. The van der Waals surface area contributed by atoms with Crippen molar-refractivity contribution in [3.05, 3.63) is 23.8 Å². The minimum absolute atomic E-state index is 0. The lowest BCUT2D eigenvalue weighted by Gasteiger charge is -2.20. The van der Waals surface area contributed by atoms with Gasteiger partial charge in [-0.05, 0) is 24.6 Å². The number of halogens is 1. The molecule has 1 aliphatic rings. The van der Waals surface area contributed by atoms with Gasteiger partial charge in [-0.2, -0.15) is 0 Å². The van der Waals surface area contributed by atoms with Crippen LogP contribution in [-0.2, 0) is 0 Å². The summed E-state index contributed by atoms with van der Waals surface area (Å²) in [4.78, 5) is 12.6. The SMILES string of the molecule is CCCCC(NC(C)C)C(=O)c1ccc2c(c1)OCO2.Cl. The minimum atomic E-state index is -0.129. The van der Waals surface area contributed by atoms with E-state index in [0.717, 1.165) is 19.3 Å². The lowest BCUT2D eigenvalue weighted by molar-refractivity contribution is 0.0931. The zero-order valence-electron chi connectivity index (χ0n) is 12.8. The largest absolute Gasteiger partial charge is 0.454 e. The molecule has 0 radical (unpaired) electrons. The van der Waals surface area contributed by atoms with Gasteiger partial charge in [0.1, 0.15) is 0 Å². The molecular formula is C16H24ClNO3. The zero-order chi connectivity index (χ0) is 14.5. The van der Waals surface area contributed by atoms with Crippen LogP contribution in [0.15, 0.2) is 18.2 Å². The van der Waals surface area contributed by atoms with Crippen molar-refractivity contribution in [2.75, 3.05) is 6.79 Å². The van der Waals surface area contributed by atoms with Crippen LogP contribution in [0.25, 0.3) is 0 Å². The van der Waals surface area contributed by atoms with Crippen molar-refractivity contribution in [3.63, 3.8) is 0 Å². The Morgan fingerprint density at radius 2 is 2.00 bits per heavy atom. The number of hydrogen-bond acceptors (Lipinski definition) is 4. The van der Waals surface area contributed by atoms with Gasteiger partial charge in [-0.15, -0.1) is 12.4 Å². The maximum absolute atomic E-state index is 12.6. The number of rotatable bonds is 7. The maximum atomic E-state index is 12.6. The molecule has 1 aromatic carbocycles. The lowest BCUT2D eigenvalue weighted by Crippen LogP contribution is -2.40. The number of ketones is 1. The molecule has 0 bridgehead atoms. The number of ether oxygens (including phenoxy) is 2. The Balaban J connectivity index is 0.00000220. The number of carbonyl (C=O) groups excluding carboxylic acids is 1. The summed E-state index contributed by atoms with van der Waals surface area (Å²) in [5.41, 5.74) is 0.684. The number of benzene rings is 1. The number of unbranched alkanes of at least 4 members (excludes halogenated alkanes) is 1. The molecule has 4 nitrogen and oxygen atoms in total. The van der Waals surface area contributed by atoms with Crippen molar-refractivity contribution in [2.45, 2.75) is 52.1 Å². The second kappa shape index (κ2) is 8.25. The number of hydrogen-bond donors (Lipinski definition) is 1. The summed E-state index contributed by atoms with van der Waals surface area (Å²) in [6, 6.07) is 5.56. The molecule has 1 heterocycles. The molecule has 1 unspecified atom stereocenters. The normalized spacial score (nSPS) is 13.9. The van der Waals surface area contributed by atoms with Crippen molar-refractivity contribution in [1.82, 2.24) is 5.32 Å². The summed E-state index contributed by atoms with van der Waals surface area (Å²) in [6.07, 6.45) is 2.99. The standard InChI is InChI=1S/C16H23NO3.ClH/c1-4-5-6-13(17-11(2)3)16(18)12-7-8-14-15(9-12)20-10-19-14;/h7-9,11,13,17H,4-6,10H2,1-3H3;1H. The number of fused-ring (bicyclic) bond motifs is 1. The smallest absolute Gasteiger partial charge is 0.231 e. The van der Waals surface area contributed by atoms with Crippen molar-refractivity contribution >= 4 is 18.2 Å². The van der Waals surface area contributed by atoms with E-state index in [1.165, 1.54) is 0 Å². The van der Waals surface area contributed by atoms with Crippen LogP contribution in [0.5, 0.6) is 11.5 Å². The van der Waals surface area contributed by atoms with Crippen molar-refractivity contribution < 1.29 is 14.3 Å². The van der Waals surface area contributed by atoms with Crippen LogP contribution in [-0.4, -0.2) is 24.7 Å². The molecule has 0 spiro atoms. The maximum Gasteiger partial charge on any atom is 0.231 e. The highest BCUT2D eigenvalue weighted by molar-refractivity contribution is 6.00. The Morgan fingerprint density at radius 3 is 2.67 bits per heavy atom. The van der Waals surface area contributed by atoms with E-state index >= 15 is 0 Å². The van der Waals surface area contributed by atoms with Crippen LogP contribution in [0.3, 0.4) is 0 Å². The fourth-order valence-corrected chi connectivity index (χ4v) is 2.35. The first-order chi connectivity index (χ1) is 9.61. The molecule has 1 aliphatic heterocycles. The van der Waals surface area contributed by atoms with Crippen LogP contribution >= 0.6 is 12.4 Å². The van der Waals surface area contributed by atoms with E-state index in [0.29, 0.717) is 17.1 Å². The van der Waals surface area contributed by atoms with Gasteiger partial charge in [0, 0.05) is 11.6 Å². The lowest BCUT2D eigenvalue weighted by atomic mass is 9.98. The molecule has 0 amide bonds. The van der Waals surface area contributed by atoms with Gasteiger partial charge in [-0.1, -0.05) is 33.6 Å². The number of Topliss-reactive ketones (excluding diaryl/α,β-unsaturated/α-hetero) is 1. The van der Waals surface area contributed by atoms with Gasteiger partial charge >= 0.3 is 0 Å². The minimum Gasteiger partial charge on any atom is -0.454 e. The molecule has 0 fully saturated rings. The van der Waals surface area contributed by atoms with E-state index < -0.39 is 0 Å². The molecule has 21 heavy (non-hydrogen) atoms. The van der Waals surface area contributed by atoms with E-state index in [1.54, 1.807) is 6.07 Å². The Hall–Kier alpha value is -1.26. The quantitative estimate of drug-likeness (QED) is 0.782. The van der Waals surface area contributed by atoms with Crippen LogP contribution in [0, 0.1) is 0 Å². The summed E-state index contributed by atoms with van der Waals surface area (Å²) < 4.78 is 10.6. The van der Waals surface area contributed by atoms with E-state index in [4.69, 9.17) is 9.47 Å². The molecule has 1 aromatic rings. The predicted molar refractivity (Wildman–Crippen MR) is 85.7 cm³/mol. The summed E-state index contributed by atoms with van der Waals surface area (Å²) >= 11 is 0. The van der Waals surface area contributed by atoms with Gasteiger partial charge in [0.25, 0.3) is 0 Å². The van der Waals surface area contributed by atoms with Crippen LogP contribution in [0.2, 0.25) is 0 Å². The average Bonchev–Trinajstić information content (AvgIpc) is 2.89. The summed E-state index contributed by atoms with van der Waals surface area (Å²) in [5, 5.41) is 3.36. The second-order valence-electron chi connectivity index (χ2n) is 5.45. The topological polar surface area (TPSA) is 47.6 Å². The van der Waals surface area contributed by atoms with Gasteiger partial charge in [0.2, 0.25) is 6.79 Å². The van der Waals surface area contributed by atoms with Gasteiger partial charge in [-0.25, -0.2) is 0 Å². The van der Waals surface area contributed by atoms with Gasteiger partial charge in [-0.3, -0.25) is 4.79 Å². The Bertz CT molecular complexity index is 477. The molecule has 118 valence electrons. The van der Waals surface area contributed by atoms with E-state index in [9.17, 15) is 4.79 Å². The number of carbonyl (C=O) groups is 1. The first-order valence-electron chi connectivity index (χ1n) is 7.31. The van der Waals surface area contributed by atoms with Crippen LogP contribution in [0.1, 0.15) is 50.4 Å². The second-order valence-corrected chi connectivity index (χ2v) is 5.45.